The minimum atomic E-state index is -0.698. The predicted molar refractivity (Wildman–Crippen MR) is 113 cm³/mol. The van der Waals surface area contributed by atoms with Gasteiger partial charge in [-0.3, -0.25) is 0 Å². The Bertz CT molecular complexity index is 1060. The highest BCUT2D eigenvalue weighted by Crippen LogP contribution is 2.50. The topological polar surface area (TPSA) is 24.8 Å². The largest absolute Gasteiger partial charge is 0.462 e. The molecule has 2 aliphatic rings. The molecule has 5 rings (SSSR count). The Labute approximate surface area is 170 Å². The summed E-state index contributed by atoms with van der Waals surface area (Å²) >= 11 is 6.12. The van der Waals surface area contributed by atoms with E-state index in [4.69, 9.17) is 21.4 Å². The van der Waals surface area contributed by atoms with Crippen LogP contribution in [0.2, 0.25) is 5.02 Å². The SMILES string of the molecule is Cc1ccc(C2=NN3[C@H](C2)c2ccccc2O[C@@]3(C)c2ccc(Cl)cc2)cc1. The lowest BCUT2D eigenvalue weighted by Crippen LogP contribution is -2.48. The Kier molecular flexibility index (Phi) is 3.95. The van der Waals surface area contributed by atoms with Crippen LogP contribution in [0.4, 0.5) is 0 Å². The Hall–Kier alpha value is -2.78. The van der Waals surface area contributed by atoms with E-state index in [9.17, 15) is 0 Å². The molecule has 3 aromatic carbocycles. The van der Waals surface area contributed by atoms with Gasteiger partial charge in [0.15, 0.2) is 0 Å². The van der Waals surface area contributed by atoms with Gasteiger partial charge in [0.05, 0.1) is 11.8 Å². The molecule has 0 radical (unpaired) electrons. The number of aryl methyl sites for hydroxylation is 1. The monoisotopic (exact) mass is 388 g/mol. The van der Waals surface area contributed by atoms with Crippen LogP contribution in [0, 0.1) is 6.92 Å². The van der Waals surface area contributed by atoms with Gasteiger partial charge < -0.3 is 4.74 Å². The average Bonchev–Trinajstić information content (AvgIpc) is 3.16. The minimum absolute atomic E-state index is 0.141. The second-order valence-electron chi connectivity index (χ2n) is 7.61. The second kappa shape index (κ2) is 6.39. The molecule has 0 saturated carbocycles. The number of hydrazone groups is 1. The van der Waals surface area contributed by atoms with Crippen LogP contribution in [0.25, 0.3) is 0 Å². The van der Waals surface area contributed by atoms with Gasteiger partial charge in [0.25, 0.3) is 0 Å². The van der Waals surface area contributed by atoms with E-state index in [2.05, 4.69) is 55.3 Å². The van der Waals surface area contributed by atoms with E-state index in [1.165, 1.54) is 11.1 Å². The van der Waals surface area contributed by atoms with Crippen LogP contribution in [0.5, 0.6) is 5.75 Å². The summed E-state index contributed by atoms with van der Waals surface area (Å²) in [6.07, 6.45) is 0.854. The molecule has 2 atom stereocenters. The van der Waals surface area contributed by atoms with Gasteiger partial charge in [0.1, 0.15) is 5.75 Å². The van der Waals surface area contributed by atoms with Crippen molar-refractivity contribution in [3.8, 4) is 5.75 Å². The molecule has 2 aliphatic heterocycles. The molecule has 0 saturated heterocycles. The quantitative estimate of drug-likeness (QED) is 0.532. The number of hydrogen-bond acceptors (Lipinski definition) is 3. The Morgan fingerprint density at radius 3 is 2.46 bits per heavy atom. The lowest BCUT2D eigenvalue weighted by Gasteiger charge is -2.46. The highest BCUT2D eigenvalue weighted by atomic mass is 35.5. The third kappa shape index (κ3) is 2.70. The van der Waals surface area contributed by atoms with E-state index in [0.717, 1.165) is 29.0 Å². The van der Waals surface area contributed by atoms with Gasteiger partial charge in [-0.25, -0.2) is 5.01 Å². The van der Waals surface area contributed by atoms with Crippen molar-refractivity contribution in [2.24, 2.45) is 5.10 Å². The van der Waals surface area contributed by atoms with Gasteiger partial charge in [-0.05, 0) is 30.7 Å². The molecule has 0 aliphatic carbocycles. The lowest BCUT2D eigenvalue weighted by atomic mass is 9.92. The van der Waals surface area contributed by atoms with Crippen LogP contribution in [-0.4, -0.2) is 10.7 Å². The van der Waals surface area contributed by atoms with Crippen LogP contribution in [0.1, 0.15) is 41.6 Å². The van der Waals surface area contributed by atoms with Gasteiger partial charge in [0, 0.05) is 29.5 Å². The Morgan fingerprint density at radius 1 is 1.00 bits per heavy atom. The number of hydrogen-bond donors (Lipinski definition) is 0. The number of fused-ring (bicyclic) bond motifs is 3. The zero-order valence-electron chi connectivity index (χ0n) is 15.9. The molecule has 3 nitrogen and oxygen atoms in total. The number of ether oxygens (including phenoxy) is 1. The number of benzene rings is 3. The molecule has 0 fully saturated rings. The Morgan fingerprint density at radius 2 is 1.71 bits per heavy atom. The summed E-state index contributed by atoms with van der Waals surface area (Å²) in [7, 11) is 0. The van der Waals surface area contributed by atoms with Crippen LogP contribution in [-0.2, 0) is 5.72 Å². The van der Waals surface area contributed by atoms with Crippen molar-refractivity contribution >= 4 is 17.3 Å². The molecular weight excluding hydrogens is 368 g/mol. The van der Waals surface area contributed by atoms with E-state index in [0.29, 0.717) is 5.02 Å². The maximum Gasteiger partial charge on any atom is 0.221 e. The Balaban J connectivity index is 1.64. The van der Waals surface area contributed by atoms with Crippen molar-refractivity contribution in [3.63, 3.8) is 0 Å². The molecular formula is C24H21ClN2O. The smallest absolute Gasteiger partial charge is 0.221 e. The molecule has 0 bridgehead atoms. The summed E-state index contributed by atoms with van der Waals surface area (Å²) in [5, 5.41) is 7.88. The molecule has 0 N–H and O–H groups in total. The van der Waals surface area contributed by atoms with Gasteiger partial charge in [0.2, 0.25) is 5.72 Å². The van der Waals surface area contributed by atoms with Crippen molar-refractivity contribution in [2.45, 2.75) is 32.0 Å². The van der Waals surface area contributed by atoms with Gasteiger partial charge in [-0.2, -0.15) is 5.10 Å². The third-order valence-corrected chi connectivity index (χ3v) is 5.95. The highest BCUT2D eigenvalue weighted by molar-refractivity contribution is 6.30. The van der Waals surface area contributed by atoms with E-state index in [1.807, 2.05) is 36.4 Å². The second-order valence-corrected chi connectivity index (χ2v) is 8.04. The van der Waals surface area contributed by atoms with Crippen molar-refractivity contribution in [1.29, 1.82) is 0 Å². The summed E-state index contributed by atoms with van der Waals surface area (Å²) in [5.74, 6) is 0.918. The number of nitrogens with zero attached hydrogens (tertiary/aromatic N) is 2. The fraction of sp³-hybridized carbons (Fsp3) is 0.208. The lowest BCUT2D eigenvalue weighted by molar-refractivity contribution is -0.112. The molecule has 28 heavy (non-hydrogen) atoms. The molecule has 0 aromatic heterocycles. The standard InChI is InChI=1S/C24H21ClN2O/c1-16-7-9-17(10-8-16)21-15-22-20-5-3-4-6-23(20)28-24(2,27(22)26-21)18-11-13-19(25)14-12-18/h3-14,22H,15H2,1-2H3/t22-,24+/m1/s1. The first kappa shape index (κ1) is 17.3. The zero-order chi connectivity index (χ0) is 19.3. The maximum absolute atomic E-state index is 6.54. The van der Waals surface area contributed by atoms with Crippen molar-refractivity contribution in [3.05, 3.63) is 100 Å². The van der Waals surface area contributed by atoms with Crippen molar-refractivity contribution in [1.82, 2.24) is 5.01 Å². The molecule has 0 amide bonds. The first-order chi connectivity index (χ1) is 13.5. The fourth-order valence-corrected chi connectivity index (χ4v) is 4.25. The highest BCUT2D eigenvalue weighted by Gasteiger charge is 2.48. The first-order valence-corrected chi connectivity index (χ1v) is 9.90. The average molecular weight is 389 g/mol. The molecule has 3 aromatic rings. The summed E-state index contributed by atoms with van der Waals surface area (Å²) in [5.41, 5.74) is 5.02. The minimum Gasteiger partial charge on any atom is -0.462 e. The molecule has 0 spiro atoms. The first-order valence-electron chi connectivity index (χ1n) is 9.52. The number of para-hydroxylation sites is 1. The predicted octanol–water partition coefficient (Wildman–Crippen LogP) is 6.06. The van der Waals surface area contributed by atoms with Crippen molar-refractivity contribution in [2.75, 3.05) is 0 Å². The number of rotatable bonds is 2. The van der Waals surface area contributed by atoms with E-state index in [-0.39, 0.29) is 6.04 Å². The summed E-state index contributed by atoms with van der Waals surface area (Å²) in [4.78, 5) is 0. The van der Waals surface area contributed by atoms with Crippen LogP contribution in [0.15, 0.2) is 77.9 Å². The van der Waals surface area contributed by atoms with Crippen LogP contribution >= 0.6 is 11.6 Å². The van der Waals surface area contributed by atoms with E-state index >= 15 is 0 Å². The summed E-state index contributed by atoms with van der Waals surface area (Å²) in [6, 6.07) is 24.8. The normalized spacial score (nSPS) is 22.9. The van der Waals surface area contributed by atoms with Crippen molar-refractivity contribution < 1.29 is 4.74 Å². The molecule has 140 valence electrons. The summed E-state index contributed by atoms with van der Waals surface area (Å²) in [6.45, 7) is 4.19. The molecule has 0 unspecified atom stereocenters. The van der Waals surface area contributed by atoms with E-state index in [1.54, 1.807) is 0 Å². The van der Waals surface area contributed by atoms with E-state index < -0.39 is 5.72 Å². The zero-order valence-corrected chi connectivity index (χ0v) is 16.6. The summed E-state index contributed by atoms with van der Waals surface area (Å²) < 4.78 is 6.54. The molecule has 4 heteroatoms. The van der Waals surface area contributed by atoms with Crippen LogP contribution in [0.3, 0.4) is 0 Å². The maximum atomic E-state index is 6.54. The number of halogens is 1. The van der Waals surface area contributed by atoms with Crippen LogP contribution < -0.4 is 4.74 Å². The third-order valence-electron chi connectivity index (χ3n) is 5.70. The van der Waals surface area contributed by atoms with Gasteiger partial charge >= 0.3 is 0 Å². The van der Waals surface area contributed by atoms with Gasteiger partial charge in [-0.1, -0.05) is 71.8 Å². The molecule has 2 heterocycles. The fourth-order valence-electron chi connectivity index (χ4n) is 4.13. The van der Waals surface area contributed by atoms with Gasteiger partial charge in [-0.15, -0.1) is 0 Å².